The smallest absolute Gasteiger partial charge is 0.246 e. The van der Waals surface area contributed by atoms with Gasteiger partial charge in [0.25, 0.3) is 0 Å². The molecule has 0 aliphatic heterocycles. The Hall–Kier alpha value is -1.95. The third kappa shape index (κ3) is 3.27. The second kappa shape index (κ2) is 5.59. The number of nitrogens with zero attached hydrogens (tertiary/aromatic N) is 3. The fourth-order valence-corrected chi connectivity index (χ4v) is 2.01. The molecule has 1 N–H and O–H groups in total. The van der Waals surface area contributed by atoms with E-state index < -0.39 is 0 Å². The van der Waals surface area contributed by atoms with E-state index in [9.17, 15) is 4.79 Å². The number of hydrogen-bond acceptors (Lipinski definition) is 4. The minimum atomic E-state index is -0.0722. The van der Waals surface area contributed by atoms with Gasteiger partial charge in [0.1, 0.15) is 5.82 Å². The fourth-order valence-electron chi connectivity index (χ4n) is 1.43. The monoisotopic (exact) mass is 262 g/mol. The summed E-state index contributed by atoms with van der Waals surface area (Å²) in [6, 6.07) is 0. The van der Waals surface area contributed by atoms with Crippen LogP contribution in [-0.2, 0) is 11.3 Å². The number of imidazole rings is 1. The maximum Gasteiger partial charge on any atom is 0.246 e. The van der Waals surface area contributed by atoms with Gasteiger partial charge in [-0.05, 0) is 13.0 Å². The Morgan fingerprint density at radius 2 is 2.44 bits per heavy atom. The lowest BCUT2D eigenvalue weighted by atomic mass is 10.3. The second-order valence-corrected chi connectivity index (χ2v) is 4.92. The van der Waals surface area contributed by atoms with Crippen molar-refractivity contribution in [2.24, 2.45) is 0 Å². The summed E-state index contributed by atoms with van der Waals surface area (Å²) in [4.78, 5) is 24.7. The number of H-pyrrole nitrogens is 1. The first kappa shape index (κ1) is 12.5. The zero-order chi connectivity index (χ0) is 13.0. The van der Waals surface area contributed by atoms with Gasteiger partial charge in [0.05, 0.1) is 17.2 Å². The molecular weight excluding hydrogens is 248 g/mol. The molecule has 0 aromatic carbocycles. The van der Waals surface area contributed by atoms with E-state index in [1.807, 2.05) is 12.3 Å². The maximum absolute atomic E-state index is 11.8. The number of rotatable bonds is 4. The number of aromatic amines is 1. The summed E-state index contributed by atoms with van der Waals surface area (Å²) in [5, 5.41) is 2.91. The summed E-state index contributed by atoms with van der Waals surface area (Å²) in [7, 11) is 1.74. The summed E-state index contributed by atoms with van der Waals surface area (Å²) >= 11 is 1.57. The van der Waals surface area contributed by atoms with Crippen molar-refractivity contribution in [1.29, 1.82) is 0 Å². The first-order valence-corrected chi connectivity index (χ1v) is 6.36. The van der Waals surface area contributed by atoms with Crippen molar-refractivity contribution in [3.8, 4) is 0 Å². The lowest BCUT2D eigenvalue weighted by Crippen LogP contribution is -2.24. The molecule has 0 unspecified atom stereocenters. The quantitative estimate of drug-likeness (QED) is 0.855. The first-order valence-electron chi connectivity index (χ1n) is 5.48. The molecule has 0 fully saturated rings. The molecule has 1 amide bonds. The molecule has 0 aliphatic rings. The minimum Gasteiger partial charge on any atom is -0.347 e. The molecule has 0 aliphatic carbocycles. The van der Waals surface area contributed by atoms with E-state index >= 15 is 0 Å². The van der Waals surface area contributed by atoms with Crippen LogP contribution in [0.1, 0.15) is 16.5 Å². The number of aryl methyl sites for hydroxylation is 1. The summed E-state index contributed by atoms with van der Waals surface area (Å²) in [5.74, 6) is 0.695. The van der Waals surface area contributed by atoms with Gasteiger partial charge in [0.2, 0.25) is 5.91 Å². The number of nitrogens with one attached hydrogen (secondary N) is 1. The minimum absolute atomic E-state index is 0.0722. The Bertz CT molecular complexity index is 544. The molecule has 2 aromatic rings. The predicted octanol–water partition coefficient (Wildman–Crippen LogP) is 1.85. The SMILES string of the molecule is Cc1nc(C=CC(=O)N(C)Cc2ncc[nH]2)cs1. The standard InChI is InChI=1S/C12H14N4OS/c1-9-15-10(8-18-9)3-4-12(17)16(2)7-11-13-5-6-14-11/h3-6,8H,7H2,1-2H3,(H,13,14). The molecule has 0 atom stereocenters. The van der Waals surface area contributed by atoms with Crippen LogP contribution >= 0.6 is 11.3 Å². The first-order chi connectivity index (χ1) is 8.65. The van der Waals surface area contributed by atoms with Crippen molar-refractivity contribution in [2.45, 2.75) is 13.5 Å². The van der Waals surface area contributed by atoms with Gasteiger partial charge in [-0.15, -0.1) is 11.3 Å². The van der Waals surface area contributed by atoms with Gasteiger partial charge >= 0.3 is 0 Å². The number of amides is 1. The summed E-state index contributed by atoms with van der Waals surface area (Å²) < 4.78 is 0. The third-order valence-corrected chi connectivity index (χ3v) is 3.14. The van der Waals surface area contributed by atoms with Crippen LogP contribution < -0.4 is 0 Å². The van der Waals surface area contributed by atoms with Gasteiger partial charge in [-0.1, -0.05) is 0 Å². The average molecular weight is 262 g/mol. The van der Waals surface area contributed by atoms with Gasteiger partial charge in [-0.3, -0.25) is 4.79 Å². The molecule has 6 heteroatoms. The molecule has 2 heterocycles. The molecule has 0 radical (unpaired) electrons. The molecule has 0 saturated carbocycles. The third-order valence-electron chi connectivity index (χ3n) is 2.35. The zero-order valence-electron chi connectivity index (χ0n) is 10.3. The largest absolute Gasteiger partial charge is 0.347 e. The molecule has 2 rings (SSSR count). The van der Waals surface area contributed by atoms with Gasteiger partial charge < -0.3 is 9.88 Å². The van der Waals surface area contributed by atoms with E-state index in [1.54, 1.807) is 41.8 Å². The molecule has 5 nitrogen and oxygen atoms in total. The van der Waals surface area contributed by atoms with Crippen LogP contribution in [0.2, 0.25) is 0 Å². The maximum atomic E-state index is 11.8. The molecule has 94 valence electrons. The van der Waals surface area contributed by atoms with Crippen LogP contribution in [0.4, 0.5) is 0 Å². The van der Waals surface area contributed by atoms with E-state index in [1.165, 1.54) is 6.08 Å². The Balaban J connectivity index is 1.93. The molecular formula is C12H14N4OS. The van der Waals surface area contributed by atoms with Crippen molar-refractivity contribution in [2.75, 3.05) is 7.05 Å². The summed E-state index contributed by atoms with van der Waals surface area (Å²) in [6.07, 6.45) is 6.66. The van der Waals surface area contributed by atoms with E-state index in [0.29, 0.717) is 6.54 Å². The second-order valence-electron chi connectivity index (χ2n) is 3.85. The van der Waals surface area contributed by atoms with Crippen LogP contribution in [0.5, 0.6) is 0 Å². The number of likely N-dealkylation sites (N-methyl/N-ethyl adjacent to an activating group) is 1. The number of carbonyl (C=O) groups is 1. The highest BCUT2D eigenvalue weighted by atomic mass is 32.1. The normalized spacial score (nSPS) is 11.0. The topological polar surface area (TPSA) is 61.9 Å². The van der Waals surface area contributed by atoms with Gasteiger partial charge in [0, 0.05) is 30.9 Å². The Morgan fingerprint density at radius 1 is 1.61 bits per heavy atom. The number of carbonyl (C=O) groups excluding carboxylic acids is 1. The molecule has 18 heavy (non-hydrogen) atoms. The Kier molecular flexibility index (Phi) is 3.88. The van der Waals surface area contributed by atoms with Crippen LogP contribution in [0.3, 0.4) is 0 Å². The predicted molar refractivity (Wildman–Crippen MR) is 70.9 cm³/mol. The molecule has 0 spiro atoms. The van der Waals surface area contributed by atoms with Crippen molar-refractivity contribution in [3.05, 3.63) is 40.4 Å². The van der Waals surface area contributed by atoms with Crippen LogP contribution in [-0.4, -0.2) is 32.8 Å². The Labute approximate surface area is 109 Å². The van der Waals surface area contributed by atoms with Crippen LogP contribution in [0.15, 0.2) is 23.8 Å². The number of thiazole rings is 1. The zero-order valence-corrected chi connectivity index (χ0v) is 11.1. The van der Waals surface area contributed by atoms with E-state index in [0.717, 1.165) is 16.5 Å². The fraction of sp³-hybridized carbons (Fsp3) is 0.250. The number of hydrogen-bond donors (Lipinski definition) is 1. The van der Waals surface area contributed by atoms with Crippen LogP contribution in [0.25, 0.3) is 6.08 Å². The molecule has 0 bridgehead atoms. The van der Waals surface area contributed by atoms with Crippen LogP contribution in [0, 0.1) is 6.92 Å². The number of aromatic nitrogens is 3. The highest BCUT2D eigenvalue weighted by Gasteiger charge is 2.07. The van der Waals surface area contributed by atoms with Crippen molar-refractivity contribution in [1.82, 2.24) is 19.9 Å². The molecule has 0 saturated heterocycles. The Morgan fingerprint density at radius 3 is 3.06 bits per heavy atom. The lowest BCUT2D eigenvalue weighted by Gasteiger charge is -2.12. The van der Waals surface area contributed by atoms with Crippen molar-refractivity contribution in [3.63, 3.8) is 0 Å². The lowest BCUT2D eigenvalue weighted by molar-refractivity contribution is -0.125. The highest BCUT2D eigenvalue weighted by molar-refractivity contribution is 7.09. The summed E-state index contributed by atoms with van der Waals surface area (Å²) in [6.45, 7) is 2.40. The van der Waals surface area contributed by atoms with Crippen molar-refractivity contribution >= 4 is 23.3 Å². The van der Waals surface area contributed by atoms with E-state index in [4.69, 9.17) is 0 Å². The summed E-state index contributed by atoms with van der Waals surface area (Å²) in [5.41, 5.74) is 0.817. The van der Waals surface area contributed by atoms with Gasteiger partial charge in [-0.25, -0.2) is 9.97 Å². The van der Waals surface area contributed by atoms with Gasteiger partial charge in [-0.2, -0.15) is 0 Å². The van der Waals surface area contributed by atoms with E-state index in [2.05, 4.69) is 15.0 Å². The van der Waals surface area contributed by atoms with E-state index in [-0.39, 0.29) is 5.91 Å². The van der Waals surface area contributed by atoms with Gasteiger partial charge in [0.15, 0.2) is 0 Å². The average Bonchev–Trinajstić information content (AvgIpc) is 2.97. The molecule has 2 aromatic heterocycles. The highest BCUT2D eigenvalue weighted by Crippen LogP contribution is 2.09. The van der Waals surface area contributed by atoms with Crippen molar-refractivity contribution < 1.29 is 4.79 Å².